The average molecular weight is 324 g/mol. The molecule has 0 unspecified atom stereocenters. The maximum atomic E-state index is 9.15. The van der Waals surface area contributed by atoms with E-state index in [4.69, 9.17) is 19.7 Å². The van der Waals surface area contributed by atoms with Crippen molar-refractivity contribution in [2.24, 2.45) is 0 Å². The van der Waals surface area contributed by atoms with E-state index in [9.17, 15) is 0 Å². The van der Waals surface area contributed by atoms with Crippen molar-refractivity contribution in [3.63, 3.8) is 0 Å². The second-order valence-corrected chi connectivity index (χ2v) is 5.31. The maximum absolute atomic E-state index is 9.15. The molecule has 4 heteroatoms. The summed E-state index contributed by atoms with van der Waals surface area (Å²) < 4.78 is 11.6. The van der Waals surface area contributed by atoms with Gasteiger partial charge < -0.3 is 19.7 Å². The molecule has 124 valence electrons. The Hall–Kier alpha value is -2.56. The first kappa shape index (κ1) is 16.3. The minimum absolute atomic E-state index is 0.0439. The van der Waals surface area contributed by atoms with E-state index in [2.05, 4.69) is 0 Å². The van der Waals surface area contributed by atoms with Crippen LogP contribution in [0.5, 0.6) is 11.5 Å². The first-order chi connectivity index (χ1) is 11.8. The lowest BCUT2D eigenvalue weighted by molar-refractivity contribution is 0.200. The highest BCUT2D eigenvalue weighted by Gasteiger charge is 2.15. The van der Waals surface area contributed by atoms with Crippen molar-refractivity contribution in [1.29, 1.82) is 0 Å². The number of hydrogen-bond donors (Lipinski definition) is 2. The van der Waals surface area contributed by atoms with Crippen LogP contribution >= 0.6 is 0 Å². The van der Waals surface area contributed by atoms with Gasteiger partial charge in [0.05, 0.1) is 13.2 Å². The van der Waals surface area contributed by atoms with Gasteiger partial charge in [-0.15, -0.1) is 0 Å². The summed E-state index contributed by atoms with van der Waals surface area (Å²) in [6.07, 6.45) is 0. The first-order valence-electron chi connectivity index (χ1n) is 7.93. The third-order valence-electron chi connectivity index (χ3n) is 3.73. The summed E-state index contributed by atoms with van der Waals surface area (Å²) in [7, 11) is 0. The number of benzene rings is 3. The number of rotatable bonds is 7. The maximum Gasteiger partial charge on any atom is 0.135 e. The van der Waals surface area contributed by atoms with Crippen LogP contribution in [0.3, 0.4) is 0 Å². The van der Waals surface area contributed by atoms with Crippen LogP contribution in [0.1, 0.15) is 0 Å². The Balaban J connectivity index is 2.22. The molecule has 0 aliphatic carbocycles. The Kier molecular flexibility index (Phi) is 5.31. The van der Waals surface area contributed by atoms with Crippen molar-refractivity contribution >= 4 is 10.8 Å². The summed E-state index contributed by atoms with van der Waals surface area (Å²) in [5.41, 5.74) is 1.90. The Bertz CT molecular complexity index is 799. The van der Waals surface area contributed by atoms with Crippen LogP contribution in [0.2, 0.25) is 0 Å². The Labute approximate surface area is 140 Å². The summed E-state index contributed by atoms with van der Waals surface area (Å²) in [6, 6.07) is 19.6. The molecule has 0 heterocycles. The van der Waals surface area contributed by atoms with Crippen molar-refractivity contribution in [3.8, 4) is 22.6 Å². The van der Waals surface area contributed by atoms with Crippen LogP contribution in [0.15, 0.2) is 60.7 Å². The van der Waals surface area contributed by atoms with E-state index in [1.165, 1.54) is 0 Å². The summed E-state index contributed by atoms with van der Waals surface area (Å²) in [5.74, 6) is 1.43. The number of ether oxygens (including phenoxy) is 2. The van der Waals surface area contributed by atoms with Crippen LogP contribution in [0.25, 0.3) is 21.9 Å². The van der Waals surface area contributed by atoms with Gasteiger partial charge in [0.2, 0.25) is 0 Å². The van der Waals surface area contributed by atoms with Crippen molar-refractivity contribution < 1.29 is 19.7 Å². The van der Waals surface area contributed by atoms with Crippen LogP contribution < -0.4 is 9.47 Å². The van der Waals surface area contributed by atoms with E-state index < -0.39 is 0 Å². The van der Waals surface area contributed by atoms with E-state index in [1.807, 2.05) is 60.7 Å². The third-order valence-corrected chi connectivity index (χ3v) is 3.73. The molecule has 0 saturated heterocycles. The average Bonchev–Trinajstić information content (AvgIpc) is 2.65. The molecule has 0 aliphatic rings. The minimum Gasteiger partial charge on any atom is -0.491 e. The molecule has 0 amide bonds. The SMILES string of the molecule is OCCOc1cc(-c2ccccc2)c(OCCO)c2ccccc12. The fourth-order valence-corrected chi connectivity index (χ4v) is 2.73. The summed E-state index contributed by atoms with van der Waals surface area (Å²) in [4.78, 5) is 0. The largest absolute Gasteiger partial charge is 0.491 e. The zero-order chi connectivity index (χ0) is 16.8. The summed E-state index contributed by atoms with van der Waals surface area (Å²) >= 11 is 0. The highest BCUT2D eigenvalue weighted by Crippen LogP contribution is 2.42. The molecule has 0 atom stereocenters. The number of aliphatic hydroxyl groups is 2. The van der Waals surface area contributed by atoms with Crippen LogP contribution in [0.4, 0.5) is 0 Å². The van der Waals surface area contributed by atoms with Gasteiger partial charge in [0, 0.05) is 16.3 Å². The molecular formula is C20H20O4. The van der Waals surface area contributed by atoms with Gasteiger partial charge in [0.1, 0.15) is 24.7 Å². The van der Waals surface area contributed by atoms with Gasteiger partial charge in [0.25, 0.3) is 0 Å². The van der Waals surface area contributed by atoms with E-state index >= 15 is 0 Å². The zero-order valence-corrected chi connectivity index (χ0v) is 13.3. The Morgan fingerprint density at radius 2 is 1.33 bits per heavy atom. The van der Waals surface area contributed by atoms with Crippen LogP contribution in [-0.2, 0) is 0 Å². The van der Waals surface area contributed by atoms with Gasteiger partial charge in [0.15, 0.2) is 0 Å². The predicted molar refractivity (Wildman–Crippen MR) is 94.5 cm³/mol. The topological polar surface area (TPSA) is 58.9 Å². The van der Waals surface area contributed by atoms with Crippen molar-refractivity contribution in [2.75, 3.05) is 26.4 Å². The van der Waals surface area contributed by atoms with Crippen molar-refractivity contribution in [1.82, 2.24) is 0 Å². The van der Waals surface area contributed by atoms with E-state index in [0.717, 1.165) is 27.6 Å². The number of aliphatic hydroxyl groups excluding tert-OH is 2. The minimum atomic E-state index is -0.0503. The molecule has 3 aromatic rings. The predicted octanol–water partition coefficient (Wildman–Crippen LogP) is 3.25. The van der Waals surface area contributed by atoms with E-state index in [1.54, 1.807) is 0 Å². The van der Waals surface area contributed by atoms with Gasteiger partial charge in [-0.3, -0.25) is 0 Å². The Morgan fingerprint density at radius 3 is 2.04 bits per heavy atom. The molecule has 24 heavy (non-hydrogen) atoms. The normalized spacial score (nSPS) is 10.8. The van der Waals surface area contributed by atoms with Crippen molar-refractivity contribution in [2.45, 2.75) is 0 Å². The summed E-state index contributed by atoms with van der Waals surface area (Å²) in [6.45, 7) is 0.360. The highest BCUT2D eigenvalue weighted by atomic mass is 16.5. The number of hydrogen-bond acceptors (Lipinski definition) is 4. The fourth-order valence-electron chi connectivity index (χ4n) is 2.73. The van der Waals surface area contributed by atoms with E-state index in [0.29, 0.717) is 5.75 Å². The Morgan fingerprint density at radius 1 is 0.708 bits per heavy atom. The molecule has 0 saturated carbocycles. The van der Waals surface area contributed by atoms with Gasteiger partial charge in [-0.05, 0) is 11.6 Å². The monoisotopic (exact) mass is 324 g/mol. The molecule has 0 fully saturated rings. The second kappa shape index (κ2) is 7.81. The van der Waals surface area contributed by atoms with Crippen LogP contribution in [-0.4, -0.2) is 36.6 Å². The molecule has 2 N–H and O–H groups in total. The van der Waals surface area contributed by atoms with Crippen LogP contribution in [0, 0.1) is 0 Å². The molecule has 0 bridgehead atoms. The lowest BCUT2D eigenvalue weighted by Crippen LogP contribution is -2.05. The van der Waals surface area contributed by atoms with Gasteiger partial charge in [-0.25, -0.2) is 0 Å². The first-order valence-corrected chi connectivity index (χ1v) is 7.93. The fraction of sp³-hybridized carbons (Fsp3) is 0.200. The lowest BCUT2D eigenvalue weighted by atomic mass is 9.98. The highest BCUT2D eigenvalue weighted by molar-refractivity contribution is 5.99. The molecule has 0 radical (unpaired) electrons. The molecule has 0 spiro atoms. The molecule has 0 aliphatic heterocycles. The number of fused-ring (bicyclic) bond motifs is 1. The molecule has 0 aromatic heterocycles. The third kappa shape index (κ3) is 3.35. The van der Waals surface area contributed by atoms with Gasteiger partial charge in [-0.2, -0.15) is 0 Å². The molecular weight excluding hydrogens is 304 g/mol. The van der Waals surface area contributed by atoms with E-state index in [-0.39, 0.29) is 26.4 Å². The zero-order valence-electron chi connectivity index (χ0n) is 13.3. The quantitative estimate of drug-likeness (QED) is 0.700. The second-order valence-electron chi connectivity index (χ2n) is 5.31. The standard InChI is InChI=1S/C20H20O4/c21-10-12-23-19-14-18(15-6-2-1-3-7-15)20(24-13-11-22)17-9-5-4-8-16(17)19/h1-9,14,21-22H,10-13H2. The van der Waals surface area contributed by atoms with Gasteiger partial charge in [-0.1, -0.05) is 54.6 Å². The van der Waals surface area contributed by atoms with Gasteiger partial charge >= 0.3 is 0 Å². The summed E-state index contributed by atoms with van der Waals surface area (Å²) in [5, 5.41) is 20.1. The molecule has 3 aromatic carbocycles. The molecule has 4 nitrogen and oxygen atoms in total. The smallest absolute Gasteiger partial charge is 0.135 e. The van der Waals surface area contributed by atoms with Crippen molar-refractivity contribution in [3.05, 3.63) is 60.7 Å². The lowest BCUT2D eigenvalue weighted by Gasteiger charge is -2.17. The molecule has 3 rings (SSSR count).